The Morgan fingerprint density at radius 2 is 2.24 bits per heavy atom. The van der Waals surface area contributed by atoms with E-state index in [0.717, 1.165) is 0 Å². The molecule has 0 saturated heterocycles. The first-order valence-corrected chi connectivity index (χ1v) is 8.97. The molecule has 9 heteroatoms. The SMILES string of the molecule is CC(NS(=O)(=O)c1ccc(C(N)=S)cc1Cl)c1nccs1. The van der Waals surface area contributed by atoms with E-state index in [9.17, 15) is 8.42 Å². The quantitative estimate of drug-likeness (QED) is 0.799. The fourth-order valence-electron chi connectivity index (χ4n) is 1.67. The van der Waals surface area contributed by atoms with Crippen LogP contribution in [0.15, 0.2) is 34.7 Å². The summed E-state index contributed by atoms with van der Waals surface area (Å²) in [5.41, 5.74) is 6.00. The largest absolute Gasteiger partial charge is 0.389 e. The highest BCUT2D eigenvalue weighted by atomic mass is 35.5. The van der Waals surface area contributed by atoms with Crippen LogP contribution in [0.2, 0.25) is 5.02 Å². The van der Waals surface area contributed by atoms with Gasteiger partial charge in [0, 0.05) is 17.1 Å². The van der Waals surface area contributed by atoms with Gasteiger partial charge in [-0.25, -0.2) is 18.1 Å². The van der Waals surface area contributed by atoms with Crippen LogP contribution in [0.25, 0.3) is 0 Å². The van der Waals surface area contributed by atoms with Crippen molar-refractivity contribution in [2.24, 2.45) is 5.73 Å². The van der Waals surface area contributed by atoms with Crippen molar-refractivity contribution >= 4 is 50.2 Å². The van der Waals surface area contributed by atoms with Crippen molar-refractivity contribution in [3.05, 3.63) is 45.4 Å². The van der Waals surface area contributed by atoms with Crippen molar-refractivity contribution in [3.8, 4) is 0 Å². The van der Waals surface area contributed by atoms with Crippen molar-refractivity contribution in [1.82, 2.24) is 9.71 Å². The third-order valence-electron chi connectivity index (χ3n) is 2.66. The van der Waals surface area contributed by atoms with Crippen LogP contribution in [-0.4, -0.2) is 18.4 Å². The van der Waals surface area contributed by atoms with Gasteiger partial charge in [0.15, 0.2) is 0 Å². The molecule has 2 rings (SSSR count). The number of rotatable bonds is 5. The molecule has 1 aromatic carbocycles. The van der Waals surface area contributed by atoms with Crippen LogP contribution >= 0.6 is 35.2 Å². The Morgan fingerprint density at radius 3 is 2.76 bits per heavy atom. The van der Waals surface area contributed by atoms with Gasteiger partial charge in [-0.05, 0) is 19.1 Å². The zero-order valence-corrected chi connectivity index (χ0v) is 14.1. The summed E-state index contributed by atoms with van der Waals surface area (Å²) in [5, 5.41) is 2.53. The fourth-order valence-corrected chi connectivity index (χ4v) is 4.27. The molecule has 1 aromatic heterocycles. The summed E-state index contributed by atoms with van der Waals surface area (Å²) in [7, 11) is -3.76. The van der Waals surface area contributed by atoms with Crippen molar-refractivity contribution in [1.29, 1.82) is 0 Å². The number of nitrogens with one attached hydrogen (secondary N) is 1. The molecular formula is C12H12ClN3O2S3. The summed E-state index contributed by atoms with van der Waals surface area (Å²) >= 11 is 12.2. The number of nitrogens with two attached hydrogens (primary N) is 1. The highest BCUT2D eigenvalue weighted by molar-refractivity contribution is 7.89. The zero-order valence-electron chi connectivity index (χ0n) is 10.9. The Labute approximate surface area is 137 Å². The third kappa shape index (κ3) is 3.78. The molecule has 1 unspecified atom stereocenters. The summed E-state index contributed by atoms with van der Waals surface area (Å²) in [6.07, 6.45) is 1.62. The topological polar surface area (TPSA) is 85.1 Å². The van der Waals surface area contributed by atoms with E-state index in [0.29, 0.717) is 10.6 Å². The molecule has 2 aromatic rings. The van der Waals surface area contributed by atoms with Crippen molar-refractivity contribution in [2.45, 2.75) is 17.9 Å². The minimum atomic E-state index is -3.76. The number of thiazole rings is 1. The number of halogens is 1. The minimum absolute atomic E-state index is 0.0208. The monoisotopic (exact) mass is 361 g/mol. The van der Waals surface area contributed by atoms with E-state index in [2.05, 4.69) is 9.71 Å². The number of nitrogens with zero attached hydrogens (tertiary/aromatic N) is 1. The molecule has 0 amide bonds. The first kappa shape index (κ1) is 16.3. The number of hydrogen-bond acceptors (Lipinski definition) is 5. The predicted molar refractivity (Wildman–Crippen MR) is 88.2 cm³/mol. The molecule has 0 radical (unpaired) electrons. The first-order valence-electron chi connectivity index (χ1n) is 5.82. The van der Waals surface area contributed by atoms with E-state index in [1.807, 2.05) is 0 Å². The van der Waals surface area contributed by atoms with Crippen molar-refractivity contribution in [3.63, 3.8) is 0 Å². The summed E-state index contributed by atoms with van der Waals surface area (Å²) < 4.78 is 27.2. The molecule has 1 atom stereocenters. The maximum Gasteiger partial charge on any atom is 0.242 e. The van der Waals surface area contributed by atoms with Crippen LogP contribution in [0.1, 0.15) is 23.5 Å². The lowest BCUT2D eigenvalue weighted by atomic mass is 10.2. The Kier molecular flexibility index (Phi) is 4.95. The number of benzene rings is 1. The van der Waals surface area contributed by atoms with Gasteiger partial charge in [0.25, 0.3) is 0 Å². The van der Waals surface area contributed by atoms with Crippen molar-refractivity contribution in [2.75, 3.05) is 0 Å². The Balaban J connectivity index is 2.29. The van der Waals surface area contributed by atoms with E-state index in [4.69, 9.17) is 29.6 Å². The molecule has 0 aliphatic heterocycles. The van der Waals surface area contributed by atoms with Gasteiger partial charge < -0.3 is 5.73 Å². The van der Waals surface area contributed by atoms with Gasteiger partial charge in [0.2, 0.25) is 10.0 Å². The van der Waals surface area contributed by atoms with Gasteiger partial charge in [-0.15, -0.1) is 11.3 Å². The molecule has 0 fully saturated rings. The molecule has 1 heterocycles. The highest BCUT2D eigenvalue weighted by Gasteiger charge is 2.22. The molecular weight excluding hydrogens is 350 g/mol. The molecule has 3 N–H and O–H groups in total. The van der Waals surface area contributed by atoms with Crippen molar-refractivity contribution < 1.29 is 8.42 Å². The summed E-state index contributed by atoms with van der Waals surface area (Å²) in [5.74, 6) is 0. The van der Waals surface area contributed by atoms with Crippen LogP contribution in [-0.2, 0) is 10.0 Å². The lowest BCUT2D eigenvalue weighted by molar-refractivity contribution is 0.566. The maximum absolute atomic E-state index is 12.4. The van der Waals surface area contributed by atoms with Gasteiger partial charge in [-0.3, -0.25) is 0 Å². The average molecular weight is 362 g/mol. The second-order valence-electron chi connectivity index (χ2n) is 4.22. The number of aromatic nitrogens is 1. The Hall–Kier alpha value is -1.06. The standard InChI is InChI=1S/C12H12ClN3O2S3/c1-7(12-15-4-5-20-12)16-21(17,18)10-3-2-8(11(14)19)6-9(10)13/h2-7,16H,1H3,(H2,14,19). The lowest BCUT2D eigenvalue weighted by Gasteiger charge is -2.13. The van der Waals surface area contributed by atoms with Crippen LogP contribution in [0, 0.1) is 0 Å². The summed E-state index contributed by atoms with van der Waals surface area (Å²) in [6, 6.07) is 3.90. The molecule has 0 saturated carbocycles. The zero-order chi connectivity index (χ0) is 15.6. The van der Waals surface area contributed by atoms with Gasteiger partial charge in [0.05, 0.1) is 11.1 Å². The molecule has 0 aliphatic carbocycles. The minimum Gasteiger partial charge on any atom is -0.389 e. The average Bonchev–Trinajstić information content (AvgIpc) is 2.91. The van der Waals surface area contributed by atoms with Crippen LogP contribution in [0.4, 0.5) is 0 Å². The van der Waals surface area contributed by atoms with E-state index in [-0.39, 0.29) is 14.9 Å². The van der Waals surface area contributed by atoms with E-state index in [1.165, 1.54) is 29.5 Å². The molecule has 0 aliphatic rings. The molecule has 0 bridgehead atoms. The Morgan fingerprint density at radius 1 is 1.52 bits per heavy atom. The molecule has 5 nitrogen and oxygen atoms in total. The van der Waals surface area contributed by atoms with E-state index >= 15 is 0 Å². The predicted octanol–water partition coefficient (Wildman–Crippen LogP) is 2.47. The van der Waals surface area contributed by atoms with E-state index in [1.54, 1.807) is 18.5 Å². The maximum atomic E-state index is 12.4. The summed E-state index contributed by atoms with van der Waals surface area (Å²) in [4.78, 5) is 4.22. The second-order valence-corrected chi connectivity index (χ2v) is 7.68. The third-order valence-corrected chi connectivity index (χ3v) is 5.88. The second kappa shape index (κ2) is 6.37. The van der Waals surface area contributed by atoms with Crippen LogP contribution < -0.4 is 10.5 Å². The molecule has 21 heavy (non-hydrogen) atoms. The highest BCUT2D eigenvalue weighted by Crippen LogP contribution is 2.25. The first-order chi connectivity index (χ1) is 9.81. The molecule has 0 spiro atoms. The number of sulfonamides is 1. The molecule has 112 valence electrons. The van der Waals surface area contributed by atoms with Gasteiger partial charge in [-0.1, -0.05) is 29.9 Å². The van der Waals surface area contributed by atoms with E-state index < -0.39 is 16.1 Å². The van der Waals surface area contributed by atoms with Gasteiger partial charge in [-0.2, -0.15) is 0 Å². The fraction of sp³-hybridized carbons (Fsp3) is 0.167. The smallest absolute Gasteiger partial charge is 0.242 e. The van der Waals surface area contributed by atoms with Crippen LogP contribution in [0.3, 0.4) is 0 Å². The number of hydrogen-bond donors (Lipinski definition) is 2. The summed E-state index contributed by atoms with van der Waals surface area (Å²) in [6.45, 7) is 1.72. The number of thiocarbonyl (C=S) groups is 1. The van der Waals surface area contributed by atoms with Gasteiger partial charge in [0.1, 0.15) is 14.9 Å². The Bertz CT molecular complexity index is 760. The van der Waals surface area contributed by atoms with Gasteiger partial charge >= 0.3 is 0 Å². The van der Waals surface area contributed by atoms with Crippen LogP contribution in [0.5, 0.6) is 0 Å². The lowest BCUT2D eigenvalue weighted by Crippen LogP contribution is -2.27. The normalized spacial score (nSPS) is 13.0.